The maximum absolute atomic E-state index is 11.5. The average Bonchev–Trinajstić information content (AvgIpc) is 1.78. The Hall–Kier alpha value is -0.710. The largest absolute Gasteiger partial charge is 0.405 e. The van der Waals surface area contributed by atoms with Gasteiger partial charge in [0.05, 0.1) is 0 Å². The van der Waals surface area contributed by atoms with Crippen molar-refractivity contribution in [2.45, 2.75) is 19.1 Å². The predicted molar refractivity (Wildman–Crippen MR) is 36.8 cm³/mol. The van der Waals surface area contributed by atoms with Crippen LogP contribution in [0, 0.1) is 0 Å². The molecule has 0 amide bonds. The zero-order valence-electron chi connectivity index (χ0n) is 6.15. The molecule has 5 heteroatoms. The van der Waals surface area contributed by atoms with Gasteiger partial charge in [0.1, 0.15) is 6.54 Å². The Morgan fingerprint density at radius 1 is 1.55 bits per heavy atom. The van der Waals surface area contributed by atoms with Gasteiger partial charge < -0.3 is 11.1 Å². The van der Waals surface area contributed by atoms with Crippen molar-refractivity contribution in [3.63, 3.8) is 0 Å². The Balaban J connectivity index is 3.42. The summed E-state index contributed by atoms with van der Waals surface area (Å²) < 4.78 is 34.4. The van der Waals surface area contributed by atoms with Crippen molar-refractivity contribution in [1.82, 2.24) is 5.32 Å². The normalized spacial score (nSPS) is 15.4. The van der Waals surface area contributed by atoms with Crippen LogP contribution in [0.1, 0.15) is 6.92 Å². The summed E-state index contributed by atoms with van der Waals surface area (Å²) in [6, 6.07) is -0.226. The second-order valence-electron chi connectivity index (χ2n) is 2.21. The molecule has 11 heavy (non-hydrogen) atoms. The van der Waals surface area contributed by atoms with Crippen molar-refractivity contribution >= 4 is 0 Å². The van der Waals surface area contributed by atoms with Gasteiger partial charge in [-0.3, -0.25) is 0 Å². The molecule has 0 aliphatic heterocycles. The number of rotatable bonds is 3. The van der Waals surface area contributed by atoms with E-state index in [0.29, 0.717) is 0 Å². The van der Waals surface area contributed by atoms with Crippen LogP contribution < -0.4 is 11.1 Å². The molecular weight excluding hydrogens is 157 g/mol. The maximum atomic E-state index is 11.5. The lowest BCUT2D eigenvalue weighted by Gasteiger charge is -2.05. The minimum Gasteiger partial charge on any atom is -0.383 e. The Bertz CT molecular complexity index is 128. The second-order valence-corrected chi connectivity index (χ2v) is 2.21. The van der Waals surface area contributed by atoms with Crippen molar-refractivity contribution in [1.29, 1.82) is 0 Å². The van der Waals surface area contributed by atoms with Gasteiger partial charge in [-0.2, -0.15) is 13.2 Å². The molecule has 0 heterocycles. The smallest absolute Gasteiger partial charge is 0.383 e. The van der Waals surface area contributed by atoms with Crippen LogP contribution in [0.4, 0.5) is 13.2 Å². The van der Waals surface area contributed by atoms with E-state index in [1.54, 1.807) is 6.92 Å². The first-order valence-corrected chi connectivity index (χ1v) is 3.14. The van der Waals surface area contributed by atoms with Crippen LogP contribution in [-0.4, -0.2) is 18.8 Å². The minimum atomic E-state index is -4.16. The molecule has 0 saturated heterocycles. The van der Waals surface area contributed by atoms with E-state index in [4.69, 9.17) is 5.73 Å². The number of nitrogens with one attached hydrogen (secondary N) is 1. The van der Waals surface area contributed by atoms with E-state index in [2.05, 4.69) is 5.32 Å². The minimum absolute atomic E-state index is 0.226. The van der Waals surface area contributed by atoms with Crippen molar-refractivity contribution in [3.8, 4) is 0 Å². The lowest BCUT2D eigenvalue weighted by atomic mass is 10.3. The van der Waals surface area contributed by atoms with Gasteiger partial charge in [-0.15, -0.1) is 0 Å². The van der Waals surface area contributed by atoms with Crippen LogP contribution in [0.15, 0.2) is 12.3 Å². The van der Waals surface area contributed by atoms with E-state index in [0.717, 1.165) is 0 Å². The molecule has 0 bridgehead atoms. The molecule has 0 radical (unpaired) electrons. The summed E-state index contributed by atoms with van der Waals surface area (Å²) in [5.74, 6) is 0. The molecule has 1 atom stereocenters. The van der Waals surface area contributed by atoms with Crippen molar-refractivity contribution in [2.75, 3.05) is 6.54 Å². The fourth-order valence-corrected chi connectivity index (χ4v) is 0.394. The Morgan fingerprint density at radius 3 is 2.45 bits per heavy atom. The van der Waals surface area contributed by atoms with E-state index >= 15 is 0 Å². The first-order chi connectivity index (χ1) is 4.92. The second kappa shape index (κ2) is 4.23. The maximum Gasteiger partial charge on any atom is 0.405 e. The zero-order valence-corrected chi connectivity index (χ0v) is 6.15. The van der Waals surface area contributed by atoms with Gasteiger partial charge >= 0.3 is 6.18 Å². The van der Waals surface area contributed by atoms with Gasteiger partial charge in [-0.05, 0) is 13.1 Å². The van der Waals surface area contributed by atoms with E-state index in [1.165, 1.54) is 12.3 Å². The standard InChI is InChI=1S/C6H11F3N2/c1-5(10)2-3-11-4-6(7,8)9/h2-3,5,11H,4,10H2,1H3/b3-2-. The highest BCUT2D eigenvalue weighted by Crippen LogP contribution is 2.11. The van der Waals surface area contributed by atoms with Crippen LogP contribution in [0.5, 0.6) is 0 Å². The molecule has 0 aromatic rings. The summed E-state index contributed by atoms with van der Waals surface area (Å²) in [5.41, 5.74) is 5.23. The third kappa shape index (κ3) is 9.29. The van der Waals surface area contributed by atoms with Gasteiger partial charge in [0, 0.05) is 6.04 Å². The number of nitrogens with two attached hydrogens (primary N) is 1. The fraction of sp³-hybridized carbons (Fsp3) is 0.667. The summed E-state index contributed by atoms with van der Waals surface area (Å²) >= 11 is 0. The van der Waals surface area contributed by atoms with Crippen LogP contribution >= 0.6 is 0 Å². The Labute approximate surface area is 63.3 Å². The lowest BCUT2D eigenvalue weighted by molar-refractivity contribution is -0.122. The highest BCUT2D eigenvalue weighted by molar-refractivity contribution is 4.87. The van der Waals surface area contributed by atoms with Gasteiger partial charge in [0.2, 0.25) is 0 Å². The Morgan fingerprint density at radius 2 is 2.09 bits per heavy atom. The number of alkyl halides is 3. The molecule has 0 aliphatic carbocycles. The molecular formula is C6H11F3N2. The molecule has 0 saturated carbocycles. The van der Waals surface area contributed by atoms with Gasteiger partial charge in [-0.1, -0.05) is 6.08 Å². The molecule has 0 aromatic heterocycles. The lowest BCUT2D eigenvalue weighted by Crippen LogP contribution is -2.25. The van der Waals surface area contributed by atoms with E-state index in [9.17, 15) is 13.2 Å². The third-order valence-electron chi connectivity index (χ3n) is 0.820. The van der Waals surface area contributed by atoms with Crippen LogP contribution in [0.3, 0.4) is 0 Å². The highest BCUT2D eigenvalue weighted by atomic mass is 19.4. The van der Waals surface area contributed by atoms with E-state index in [-0.39, 0.29) is 6.04 Å². The van der Waals surface area contributed by atoms with Crippen molar-refractivity contribution in [2.24, 2.45) is 5.73 Å². The zero-order chi connectivity index (χ0) is 8.91. The molecule has 66 valence electrons. The summed E-state index contributed by atoms with van der Waals surface area (Å²) in [7, 11) is 0. The van der Waals surface area contributed by atoms with E-state index < -0.39 is 12.7 Å². The summed E-state index contributed by atoms with van der Waals surface area (Å²) in [4.78, 5) is 0. The Kier molecular flexibility index (Phi) is 3.95. The molecule has 0 aromatic carbocycles. The van der Waals surface area contributed by atoms with Gasteiger partial charge in [-0.25, -0.2) is 0 Å². The van der Waals surface area contributed by atoms with Gasteiger partial charge in [0.25, 0.3) is 0 Å². The number of halogens is 3. The molecule has 0 spiro atoms. The van der Waals surface area contributed by atoms with E-state index in [1.807, 2.05) is 0 Å². The van der Waals surface area contributed by atoms with Crippen LogP contribution in [0.2, 0.25) is 0 Å². The predicted octanol–water partition coefficient (Wildman–Crippen LogP) is 0.999. The summed E-state index contributed by atoms with van der Waals surface area (Å²) in [6.45, 7) is 0.655. The highest BCUT2D eigenvalue weighted by Gasteiger charge is 2.25. The SMILES string of the molecule is CC(N)/C=C\NCC(F)(F)F. The monoisotopic (exact) mass is 168 g/mol. The quantitative estimate of drug-likeness (QED) is 0.659. The molecule has 3 N–H and O–H groups in total. The topological polar surface area (TPSA) is 38.0 Å². The first-order valence-electron chi connectivity index (χ1n) is 3.14. The van der Waals surface area contributed by atoms with Crippen LogP contribution in [0.25, 0.3) is 0 Å². The molecule has 0 fully saturated rings. The fourth-order valence-electron chi connectivity index (χ4n) is 0.394. The molecule has 0 aliphatic rings. The average molecular weight is 168 g/mol. The van der Waals surface area contributed by atoms with Crippen molar-refractivity contribution < 1.29 is 13.2 Å². The summed E-state index contributed by atoms with van der Waals surface area (Å²) in [5, 5.41) is 2.07. The van der Waals surface area contributed by atoms with Gasteiger partial charge in [0.15, 0.2) is 0 Å². The molecule has 0 rings (SSSR count). The van der Waals surface area contributed by atoms with Crippen molar-refractivity contribution in [3.05, 3.63) is 12.3 Å². The number of hydrogen-bond donors (Lipinski definition) is 2. The number of hydrogen-bond acceptors (Lipinski definition) is 2. The van der Waals surface area contributed by atoms with Crippen LogP contribution in [-0.2, 0) is 0 Å². The molecule has 1 unspecified atom stereocenters. The molecule has 2 nitrogen and oxygen atoms in total. The summed E-state index contributed by atoms with van der Waals surface area (Å²) in [6.07, 6.45) is -1.51. The third-order valence-corrected chi connectivity index (χ3v) is 0.820. The first kappa shape index (κ1) is 10.3.